The van der Waals surface area contributed by atoms with Crippen molar-refractivity contribution in [3.63, 3.8) is 0 Å². The minimum absolute atomic E-state index is 0.0206. The number of ether oxygens (including phenoxy) is 3. The zero-order chi connectivity index (χ0) is 20.5. The average molecular weight is 392 g/mol. The molecule has 156 valence electrons. The van der Waals surface area contributed by atoms with E-state index >= 15 is 0 Å². The second kappa shape index (κ2) is 6.28. The molecule has 3 saturated carbocycles. The van der Waals surface area contributed by atoms with Gasteiger partial charge in [-0.1, -0.05) is 34.6 Å². The van der Waals surface area contributed by atoms with Gasteiger partial charge in [0.15, 0.2) is 0 Å². The maximum atomic E-state index is 12.8. The number of hydrogen-bond donors (Lipinski definition) is 0. The second-order valence-electron chi connectivity index (χ2n) is 11.1. The predicted octanol–water partition coefficient (Wildman–Crippen LogP) is 3.12. The van der Waals surface area contributed by atoms with Crippen LogP contribution in [0.15, 0.2) is 0 Å². The van der Waals surface area contributed by atoms with Crippen LogP contribution in [0, 0.1) is 39.9 Å². The molecule has 0 aromatic rings. The molecule has 4 fully saturated rings. The van der Waals surface area contributed by atoms with E-state index in [0.29, 0.717) is 6.61 Å². The van der Waals surface area contributed by atoms with Gasteiger partial charge < -0.3 is 14.2 Å². The predicted molar refractivity (Wildman–Crippen MR) is 99.9 cm³/mol. The molecule has 6 heteroatoms. The topological polar surface area (TPSA) is 78.9 Å². The molecule has 6 nitrogen and oxygen atoms in total. The largest absolute Gasteiger partial charge is 0.463 e. The summed E-state index contributed by atoms with van der Waals surface area (Å²) in [6.07, 6.45) is 3.26. The van der Waals surface area contributed by atoms with Crippen LogP contribution in [0.1, 0.15) is 60.3 Å². The van der Waals surface area contributed by atoms with Crippen LogP contribution in [-0.2, 0) is 28.6 Å². The van der Waals surface area contributed by atoms with Crippen molar-refractivity contribution in [3.05, 3.63) is 0 Å². The lowest BCUT2D eigenvalue weighted by atomic mass is 9.79. The van der Waals surface area contributed by atoms with Crippen molar-refractivity contribution in [2.75, 3.05) is 13.2 Å². The molecule has 6 atom stereocenters. The van der Waals surface area contributed by atoms with E-state index < -0.39 is 5.41 Å². The summed E-state index contributed by atoms with van der Waals surface area (Å²) in [5, 5.41) is 0. The Morgan fingerprint density at radius 2 is 1.75 bits per heavy atom. The maximum Gasteiger partial charge on any atom is 0.317 e. The number of carbonyl (C=O) groups is 3. The van der Waals surface area contributed by atoms with Gasteiger partial charge in [-0.15, -0.1) is 0 Å². The summed E-state index contributed by atoms with van der Waals surface area (Å²) in [4.78, 5) is 36.5. The van der Waals surface area contributed by atoms with Crippen molar-refractivity contribution < 1.29 is 28.6 Å². The molecule has 28 heavy (non-hydrogen) atoms. The first kappa shape index (κ1) is 19.9. The van der Waals surface area contributed by atoms with E-state index in [1.807, 2.05) is 0 Å². The van der Waals surface area contributed by atoms with Crippen LogP contribution in [-0.4, -0.2) is 37.2 Å². The van der Waals surface area contributed by atoms with E-state index in [2.05, 4.69) is 34.6 Å². The van der Waals surface area contributed by atoms with E-state index in [4.69, 9.17) is 14.2 Å². The smallest absolute Gasteiger partial charge is 0.317 e. The molecule has 3 aliphatic carbocycles. The summed E-state index contributed by atoms with van der Waals surface area (Å²) < 4.78 is 16.4. The first-order valence-electron chi connectivity index (χ1n) is 10.5. The van der Waals surface area contributed by atoms with E-state index in [9.17, 15) is 14.4 Å². The lowest BCUT2D eigenvalue weighted by molar-refractivity contribution is -0.156. The van der Waals surface area contributed by atoms with E-state index in [1.54, 1.807) is 0 Å². The van der Waals surface area contributed by atoms with Gasteiger partial charge in [0.25, 0.3) is 0 Å². The summed E-state index contributed by atoms with van der Waals surface area (Å²) in [7, 11) is 0. The highest BCUT2D eigenvalue weighted by atomic mass is 16.6. The van der Waals surface area contributed by atoms with Gasteiger partial charge >= 0.3 is 17.9 Å². The van der Waals surface area contributed by atoms with E-state index in [0.717, 1.165) is 25.7 Å². The lowest BCUT2D eigenvalue weighted by Crippen LogP contribution is -2.35. The number of rotatable bonds is 6. The molecule has 0 aromatic heterocycles. The molecule has 0 radical (unpaired) electrons. The van der Waals surface area contributed by atoms with Crippen LogP contribution in [0.25, 0.3) is 0 Å². The highest BCUT2D eigenvalue weighted by Crippen LogP contribution is 2.68. The van der Waals surface area contributed by atoms with Gasteiger partial charge in [-0.2, -0.15) is 0 Å². The van der Waals surface area contributed by atoms with Gasteiger partial charge in [0, 0.05) is 0 Å². The highest BCUT2D eigenvalue weighted by Gasteiger charge is 2.68. The Labute approximate surface area is 166 Å². The van der Waals surface area contributed by atoms with Crippen LogP contribution in [0.4, 0.5) is 0 Å². The van der Waals surface area contributed by atoms with Crippen molar-refractivity contribution in [1.29, 1.82) is 0 Å². The Bertz CT molecular complexity index is 704. The Morgan fingerprint density at radius 3 is 2.36 bits per heavy atom. The van der Waals surface area contributed by atoms with Gasteiger partial charge in [-0.3, -0.25) is 14.4 Å². The number of carbonyl (C=O) groups excluding carboxylic acids is 3. The fourth-order valence-electron chi connectivity index (χ4n) is 6.20. The summed E-state index contributed by atoms with van der Waals surface area (Å²) in [6, 6.07) is 0. The highest BCUT2D eigenvalue weighted by molar-refractivity contribution is 5.97. The average Bonchev–Trinajstić information content (AvgIpc) is 2.95. The first-order valence-corrected chi connectivity index (χ1v) is 10.5. The van der Waals surface area contributed by atoms with Crippen molar-refractivity contribution in [3.8, 4) is 0 Å². The first-order chi connectivity index (χ1) is 13.0. The molecule has 1 aliphatic heterocycles. The molecule has 2 bridgehead atoms. The van der Waals surface area contributed by atoms with Crippen LogP contribution in [0.3, 0.4) is 0 Å². The third-order valence-electron chi connectivity index (χ3n) is 7.47. The molecular formula is C22H32O6. The maximum absolute atomic E-state index is 12.8. The van der Waals surface area contributed by atoms with Gasteiger partial charge in [0.1, 0.15) is 6.61 Å². The van der Waals surface area contributed by atoms with Crippen molar-refractivity contribution >= 4 is 17.9 Å². The van der Waals surface area contributed by atoms with Crippen LogP contribution < -0.4 is 0 Å². The monoisotopic (exact) mass is 392 g/mol. The molecule has 4 aliphatic rings. The zero-order valence-corrected chi connectivity index (χ0v) is 17.6. The van der Waals surface area contributed by atoms with Crippen molar-refractivity contribution in [2.45, 2.75) is 66.4 Å². The third-order valence-corrected chi connectivity index (χ3v) is 7.47. The Hall–Kier alpha value is -1.43. The molecule has 0 aromatic carbocycles. The quantitative estimate of drug-likeness (QED) is 0.393. The summed E-state index contributed by atoms with van der Waals surface area (Å²) >= 11 is 0. The molecule has 6 unspecified atom stereocenters. The third kappa shape index (κ3) is 3.08. The normalized spacial score (nSPS) is 40.4. The summed E-state index contributed by atoms with van der Waals surface area (Å²) in [6.45, 7) is 11.3. The van der Waals surface area contributed by atoms with Gasteiger partial charge in [0.05, 0.1) is 30.0 Å². The molecule has 4 rings (SSSR count). The van der Waals surface area contributed by atoms with Crippen LogP contribution >= 0.6 is 0 Å². The summed E-state index contributed by atoms with van der Waals surface area (Å²) in [5.41, 5.74) is -0.345. The summed E-state index contributed by atoms with van der Waals surface area (Å²) in [5.74, 6) is -1.21. The Morgan fingerprint density at radius 1 is 1.11 bits per heavy atom. The minimum Gasteiger partial charge on any atom is -0.463 e. The number of hydrogen-bond acceptors (Lipinski definition) is 6. The standard InChI is InChI=1S/C22H32O6/c1-20(2,3)10-22(11-21(22,4)5)19(25)27-7-6-26-14-9-12-8-13(14)16-15(12)17(23)28-18(16)24/h12-16H,6-11H2,1-5H3. The van der Waals surface area contributed by atoms with E-state index in [-0.39, 0.29) is 65.1 Å². The zero-order valence-electron chi connectivity index (χ0n) is 17.6. The fraction of sp³-hybridized carbons (Fsp3) is 0.864. The number of cyclic esters (lactones) is 2. The molecule has 1 heterocycles. The second-order valence-corrected chi connectivity index (χ2v) is 11.1. The van der Waals surface area contributed by atoms with Crippen LogP contribution in [0.2, 0.25) is 0 Å². The number of esters is 3. The molecule has 0 N–H and O–H groups in total. The molecular weight excluding hydrogens is 360 g/mol. The van der Waals surface area contributed by atoms with Gasteiger partial charge in [0.2, 0.25) is 0 Å². The Balaban J connectivity index is 1.26. The molecule has 1 saturated heterocycles. The molecule has 0 amide bonds. The van der Waals surface area contributed by atoms with Gasteiger partial charge in [-0.25, -0.2) is 0 Å². The Kier molecular flexibility index (Phi) is 4.46. The minimum atomic E-state index is -0.390. The van der Waals surface area contributed by atoms with Crippen molar-refractivity contribution in [2.24, 2.45) is 39.9 Å². The SMILES string of the molecule is CC(C)(C)CC1(C(=O)OCCOC2CC3CC2C2C(=O)OC(=O)C32)CC1(C)C. The van der Waals surface area contributed by atoms with Gasteiger partial charge in [-0.05, 0) is 48.3 Å². The van der Waals surface area contributed by atoms with E-state index in [1.165, 1.54) is 0 Å². The molecule has 0 spiro atoms. The number of fused-ring (bicyclic) bond motifs is 5. The lowest BCUT2D eigenvalue weighted by Gasteiger charge is -2.28. The fourth-order valence-corrected chi connectivity index (χ4v) is 6.20. The van der Waals surface area contributed by atoms with Crippen molar-refractivity contribution in [1.82, 2.24) is 0 Å². The van der Waals surface area contributed by atoms with Crippen LogP contribution in [0.5, 0.6) is 0 Å².